The van der Waals surface area contributed by atoms with Gasteiger partial charge in [0.05, 0.1) is 4.32 Å². The van der Waals surface area contributed by atoms with E-state index >= 15 is 0 Å². The van der Waals surface area contributed by atoms with E-state index in [0.717, 1.165) is 50.4 Å². The van der Waals surface area contributed by atoms with Gasteiger partial charge in [0.25, 0.3) is 0 Å². The molecule has 3 nitrogen and oxygen atoms in total. The van der Waals surface area contributed by atoms with Crippen LogP contribution in [0.15, 0.2) is 0 Å². The van der Waals surface area contributed by atoms with E-state index < -0.39 is 4.32 Å². The molecule has 4 saturated carbocycles. The molecular weight excluding hydrogens is 488 g/mol. The molecule has 0 radical (unpaired) electrons. The molecule has 0 bridgehead atoms. The van der Waals surface area contributed by atoms with Crippen molar-refractivity contribution < 1.29 is 14.3 Å². The molecule has 34 heavy (non-hydrogen) atoms. The van der Waals surface area contributed by atoms with Crippen molar-refractivity contribution in [3.63, 3.8) is 0 Å². The maximum atomic E-state index is 14.2. The van der Waals surface area contributed by atoms with Gasteiger partial charge in [-0.05, 0) is 97.2 Å². The van der Waals surface area contributed by atoms with Gasteiger partial charge in [0.1, 0.15) is 6.10 Å². The first-order valence-electron chi connectivity index (χ1n) is 14.2. The van der Waals surface area contributed by atoms with E-state index in [0.29, 0.717) is 35.4 Å². The van der Waals surface area contributed by atoms with E-state index in [-0.39, 0.29) is 22.9 Å². The fourth-order valence-corrected chi connectivity index (χ4v) is 10.5. The SMILES string of the molecule is CC(=O)O[C@@H]1CC[C@]2(C)[C@@H](CC[C@@H]3[C@@H]4CC[C@H]([C@H](C)CC[C@H](C)C(C)C)[C@@]4(C)CC(=O)[C@@]32Br)C1. The maximum absolute atomic E-state index is 14.2. The second-order valence-corrected chi connectivity index (χ2v) is 14.9. The van der Waals surface area contributed by atoms with Gasteiger partial charge in [-0.3, -0.25) is 9.59 Å². The smallest absolute Gasteiger partial charge is 0.302 e. The number of hydrogen-bond acceptors (Lipinski definition) is 3. The Hall–Kier alpha value is -0.380. The normalized spacial score (nSPS) is 45.8. The molecule has 0 aliphatic heterocycles. The minimum Gasteiger partial charge on any atom is -0.463 e. The van der Waals surface area contributed by atoms with Gasteiger partial charge in [-0.15, -0.1) is 0 Å². The fraction of sp³-hybridized carbons (Fsp3) is 0.933. The minimum absolute atomic E-state index is 0.0251. The molecule has 0 N–H and O–H groups in total. The largest absolute Gasteiger partial charge is 0.463 e. The predicted molar refractivity (Wildman–Crippen MR) is 142 cm³/mol. The van der Waals surface area contributed by atoms with Crippen LogP contribution in [-0.2, 0) is 14.3 Å². The molecule has 4 heteroatoms. The molecule has 0 saturated heterocycles. The first-order chi connectivity index (χ1) is 15.8. The van der Waals surface area contributed by atoms with E-state index in [9.17, 15) is 9.59 Å². The van der Waals surface area contributed by atoms with Crippen LogP contribution in [0, 0.1) is 52.3 Å². The molecule has 0 aromatic heterocycles. The van der Waals surface area contributed by atoms with Crippen molar-refractivity contribution in [2.45, 2.75) is 123 Å². The lowest BCUT2D eigenvalue weighted by atomic mass is 9.44. The number of rotatable bonds is 6. The van der Waals surface area contributed by atoms with Gasteiger partial charge in [0.15, 0.2) is 5.78 Å². The van der Waals surface area contributed by atoms with Gasteiger partial charge < -0.3 is 4.74 Å². The highest BCUT2D eigenvalue weighted by molar-refractivity contribution is 9.10. The van der Waals surface area contributed by atoms with Crippen molar-refractivity contribution in [2.24, 2.45) is 52.3 Å². The number of Topliss-reactive ketones (excluding diaryl/α,β-unsaturated/α-hetero) is 1. The highest BCUT2D eigenvalue weighted by Gasteiger charge is 2.70. The number of fused-ring (bicyclic) bond motifs is 5. The summed E-state index contributed by atoms with van der Waals surface area (Å²) in [4.78, 5) is 25.8. The number of carbonyl (C=O) groups is 2. The molecule has 4 rings (SSSR count). The van der Waals surface area contributed by atoms with Crippen LogP contribution in [0.5, 0.6) is 0 Å². The Morgan fingerprint density at radius 2 is 1.71 bits per heavy atom. The van der Waals surface area contributed by atoms with Crippen molar-refractivity contribution in [3.8, 4) is 0 Å². The lowest BCUT2D eigenvalue weighted by Gasteiger charge is -2.64. The third kappa shape index (κ3) is 4.14. The molecule has 0 unspecified atom stereocenters. The van der Waals surface area contributed by atoms with Crippen molar-refractivity contribution >= 4 is 27.7 Å². The minimum atomic E-state index is -0.404. The summed E-state index contributed by atoms with van der Waals surface area (Å²) in [5.41, 5.74) is 0.110. The summed E-state index contributed by atoms with van der Waals surface area (Å²) in [6.45, 7) is 15.9. The van der Waals surface area contributed by atoms with Crippen LogP contribution in [0.3, 0.4) is 0 Å². The van der Waals surface area contributed by atoms with Crippen molar-refractivity contribution in [2.75, 3.05) is 0 Å². The maximum Gasteiger partial charge on any atom is 0.302 e. The first kappa shape index (κ1) is 26.7. The van der Waals surface area contributed by atoms with Crippen LogP contribution in [0.1, 0.15) is 113 Å². The van der Waals surface area contributed by atoms with E-state index in [2.05, 4.69) is 57.5 Å². The Bertz CT molecular complexity index is 794. The Balaban J connectivity index is 1.54. The van der Waals surface area contributed by atoms with Crippen LogP contribution in [-0.4, -0.2) is 22.2 Å². The number of esters is 1. The molecule has 0 amide bonds. The van der Waals surface area contributed by atoms with Crippen LogP contribution >= 0.6 is 15.9 Å². The molecule has 0 spiro atoms. The number of ether oxygens (including phenoxy) is 1. The van der Waals surface area contributed by atoms with E-state index in [1.54, 1.807) is 0 Å². The topological polar surface area (TPSA) is 43.4 Å². The van der Waals surface area contributed by atoms with Gasteiger partial charge in [-0.2, -0.15) is 0 Å². The lowest BCUT2D eigenvalue weighted by molar-refractivity contribution is -0.163. The summed E-state index contributed by atoms with van der Waals surface area (Å²) in [6.07, 6.45) is 11.0. The van der Waals surface area contributed by atoms with Gasteiger partial charge in [-0.1, -0.05) is 70.3 Å². The Morgan fingerprint density at radius 3 is 2.35 bits per heavy atom. The zero-order valence-corrected chi connectivity index (χ0v) is 24.4. The summed E-state index contributed by atoms with van der Waals surface area (Å²) >= 11 is 4.23. The average Bonchev–Trinajstić information content (AvgIpc) is 3.09. The third-order valence-corrected chi connectivity index (χ3v) is 13.7. The summed E-state index contributed by atoms with van der Waals surface area (Å²) in [6, 6.07) is 0. The van der Waals surface area contributed by atoms with Crippen LogP contribution < -0.4 is 0 Å². The van der Waals surface area contributed by atoms with E-state index in [1.807, 2.05) is 0 Å². The van der Waals surface area contributed by atoms with Crippen molar-refractivity contribution in [1.82, 2.24) is 0 Å². The number of hydrogen-bond donors (Lipinski definition) is 0. The molecule has 4 aliphatic rings. The van der Waals surface area contributed by atoms with Crippen LogP contribution in [0.4, 0.5) is 0 Å². The van der Waals surface area contributed by atoms with E-state index in [1.165, 1.54) is 32.6 Å². The fourth-order valence-electron chi connectivity index (χ4n) is 9.31. The first-order valence-corrected chi connectivity index (χ1v) is 15.0. The van der Waals surface area contributed by atoms with Gasteiger partial charge in [0, 0.05) is 13.3 Å². The summed E-state index contributed by atoms with van der Waals surface area (Å²) in [5, 5.41) is 0. The standard InChI is InChI=1S/C30H49BrO3/c1-18(2)19(3)8-9-20(4)24-12-13-25-26-11-10-22-16-23(34-21(5)32)14-15-29(22,7)30(26,31)27(33)17-28(24,25)6/h18-20,22-26H,8-17H2,1-7H3/t19-,20+,22-,23+,24+,25-,26+,28+,29+,30-/m0/s1. The monoisotopic (exact) mass is 536 g/mol. The average molecular weight is 538 g/mol. The number of alkyl halides is 1. The molecule has 4 fully saturated rings. The van der Waals surface area contributed by atoms with Gasteiger partial charge >= 0.3 is 5.97 Å². The van der Waals surface area contributed by atoms with Crippen molar-refractivity contribution in [3.05, 3.63) is 0 Å². The lowest BCUT2D eigenvalue weighted by Crippen LogP contribution is -2.67. The van der Waals surface area contributed by atoms with Gasteiger partial charge in [0.2, 0.25) is 0 Å². The molecule has 4 aliphatic carbocycles. The quantitative estimate of drug-likeness (QED) is 0.255. The Kier molecular flexibility index (Phi) is 7.45. The molecule has 0 aromatic rings. The summed E-state index contributed by atoms with van der Waals surface area (Å²) in [7, 11) is 0. The highest BCUT2D eigenvalue weighted by atomic mass is 79.9. The molecule has 0 aromatic carbocycles. The summed E-state index contributed by atoms with van der Waals surface area (Å²) in [5.74, 6) is 4.72. The number of ketones is 1. The predicted octanol–water partition coefficient (Wildman–Crippen LogP) is 7.98. The third-order valence-electron chi connectivity index (χ3n) is 11.8. The second kappa shape index (κ2) is 9.49. The summed E-state index contributed by atoms with van der Waals surface area (Å²) < 4.78 is 5.22. The Labute approximate surface area is 217 Å². The van der Waals surface area contributed by atoms with E-state index in [4.69, 9.17) is 4.74 Å². The molecule has 194 valence electrons. The zero-order valence-electron chi connectivity index (χ0n) is 22.8. The molecule has 10 atom stereocenters. The second-order valence-electron chi connectivity index (χ2n) is 13.7. The van der Waals surface area contributed by atoms with Crippen LogP contribution in [0.25, 0.3) is 0 Å². The molecular formula is C30H49BrO3. The van der Waals surface area contributed by atoms with Crippen molar-refractivity contribution in [1.29, 1.82) is 0 Å². The molecule has 0 heterocycles. The Morgan fingerprint density at radius 1 is 1.03 bits per heavy atom. The van der Waals surface area contributed by atoms with Gasteiger partial charge in [-0.25, -0.2) is 0 Å². The number of halogens is 1. The number of carbonyl (C=O) groups excluding carboxylic acids is 2. The zero-order chi connectivity index (χ0) is 25.1. The van der Waals surface area contributed by atoms with Crippen LogP contribution in [0.2, 0.25) is 0 Å². The highest BCUT2D eigenvalue weighted by Crippen LogP contribution is 2.71.